The van der Waals surface area contributed by atoms with Crippen LogP contribution in [0.5, 0.6) is 5.75 Å². The second-order valence-corrected chi connectivity index (χ2v) is 3.17. The highest BCUT2D eigenvalue weighted by atomic mass is 35.5. The van der Waals surface area contributed by atoms with E-state index in [0.717, 1.165) is 0 Å². The van der Waals surface area contributed by atoms with E-state index in [1.807, 2.05) is 6.07 Å². The van der Waals surface area contributed by atoms with Gasteiger partial charge in [-0.3, -0.25) is 4.79 Å². The number of alkyl halides is 1. The maximum absolute atomic E-state index is 11.4. The monoisotopic (exact) mass is 182 g/mol. The van der Waals surface area contributed by atoms with Crippen LogP contribution in [0.3, 0.4) is 0 Å². The highest BCUT2D eigenvalue weighted by Crippen LogP contribution is 2.25. The van der Waals surface area contributed by atoms with Crippen molar-refractivity contribution in [1.82, 2.24) is 0 Å². The molecule has 0 aliphatic carbocycles. The first-order chi connectivity index (χ1) is 5.79. The van der Waals surface area contributed by atoms with Gasteiger partial charge < -0.3 is 4.74 Å². The number of rotatable bonds is 0. The van der Waals surface area contributed by atoms with Gasteiger partial charge in [0.1, 0.15) is 17.7 Å². The van der Waals surface area contributed by atoms with Crippen LogP contribution in [0.1, 0.15) is 10.4 Å². The molecule has 1 aromatic rings. The molecule has 2 rings (SSSR count). The van der Waals surface area contributed by atoms with E-state index in [2.05, 4.69) is 0 Å². The molecule has 0 amide bonds. The number of benzene rings is 1. The quantitative estimate of drug-likeness (QED) is 0.573. The van der Waals surface area contributed by atoms with Gasteiger partial charge in [-0.1, -0.05) is 12.1 Å². The molecule has 0 saturated heterocycles. The molecule has 0 N–H and O–H groups in total. The van der Waals surface area contributed by atoms with Crippen molar-refractivity contribution in [2.24, 2.45) is 0 Å². The van der Waals surface area contributed by atoms with Gasteiger partial charge in [-0.15, -0.1) is 11.6 Å². The molecule has 0 aromatic heterocycles. The van der Waals surface area contributed by atoms with E-state index in [4.69, 9.17) is 16.3 Å². The number of carbonyl (C=O) groups is 1. The van der Waals surface area contributed by atoms with Crippen molar-refractivity contribution < 1.29 is 9.53 Å². The van der Waals surface area contributed by atoms with Crippen LogP contribution < -0.4 is 4.74 Å². The van der Waals surface area contributed by atoms with Crippen molar-refractivity contribution >= 4 is 17.4 Å². The molecular formula is C9H7ClO2. The van der Waals surface area contributed by atoms with Gasteiger partial charge >= 0.3 is 0 Å². The Bertz CT molecular complexity index is 322. The normalized spacial score (nSPS) is 21.4. The van der Waals surface area contributed by atoms with Crippen molar-refractivity contribution in [3.8, 4) is 5.75 Å². The van der Waals surface area contributed by atoms with E-state index in [1.54, 1.807) is 18.2 Å². The van der Waals surface area contributed by atoms with Gasteiger partial charge in [0.15, 0.2) is 5.78 Å². The minimum atomic E-state index is -0.528. The molecule has 1 unspecified atom stereocenters. The van der Waals surface area contributed by atoms with Crippen LogP contribution in [0.4, 0.5) is 0 Å². The molecule has 0 spiro atoms. The van der Waals surface area contributed by atoms with Gasteiger partial charge in [-0.25, -0.2) is 0 Å². The molecule has 3 heteroatoms. The highest BCUT2D eigenvalue weighted by Gasteiger charge is 2.26. The lowest BCUT2D eigenvalue weighted by molar-refractivity contribution is 0.0939. The molecule has 1 aromatic carbocycles. The molecule has 0 radical (unpaired) electrons. The fraction of sp³-hybridized carbons (Fsp3) is 0.222. The summed E-state index contributed by atoms with van der Waals surface area (Å²) >= 11 is 5.72. The van der Waals surface area contributed by atoms with Crippen LogP contribution in [0.25, 0.3) is 0 Å². The summed E-state index contributed by atoms with van der Waals surface area (Å²) in [7, 11) is 0. The zero-order valence-corrected chi connectivity index (χ0v) is 7.04. The number of ketones is 1. The van der Waals surface area contributed by atoms with Crippen molar-refractivity contribution in [3.63, 3.8) is 0 Å². The van der Waals surface area contributed by atoms with Crippen molar-refractivity contribution in [3.05, 3.63) is 29.8 Å². The fourth-order valence-corrected chi connectivity index (χ4v) is 1.38. The van der Waals surface area contributed by atoms with E-state index >= 15 is 0 Å². The second-order valence-electron chi connectivity index (χ2n) is 2.64. The summed E-state index contributed by atoms with van der Waals surface area (Å²) in [5.41, 5.74) is 0.587. The molecule has 0 saturated carbocycles. The molecule has 0 bridgehead atoms. The average molecular weight is 183 g/mol. The SMILES string of the molecule is O=C1c2ccccc2OCC1Cl. The van der Waals surface area contributed by atoms with E-state index in [0.29, 0.717) is 11.3 Å². The van der Waals surface area contributed by atoms with Crippen LogP contribution in [0.2, 0.25) is 0 Å². The lowest BCUT2D eigenvalue weighted by Gasteiger charge is -2.19. The molecule has 1 heterocycles. The Kier molecular flexibility index (Phi) is 1.77. The maximum atomic E-state index is 11.4. The number of halogens is 1. The van der Waals surface area contributed by atoms with E-state index < -0.39 is 5.38 Å². The maximum Gasteiger partial charge on any atom is 0.187 e. The summed E-state index contributed by atoms with van der Waals surface area (Å²) in [4.78, 5) is 11.4. The number of fused-ring (bicyclic) bond motifs is 1. The molecule has 1 aliphatic heterocycles. The zero-order valence-electron chi connectivity index (χ0n) is 6.29. The summed E-state index contributed by atoms with van der Waals surface area (Å²) in [5.74, 6) is 0.595. The van der Waals surface area contributed by atoms with Crippen LogP contribution >= 0.6 is 11.6 Å². The summed E-state index contributed by atoms with van der Waals surface area (Å²) in [6.07, 6.45) is 0. The average Bonchev–Trinajstić information content (AvgIpc) is 2.12. The minimum Gasteiger partial charge on any atom is -0.491 e. The first-order valence-corrected chi connectivity index (χ1v) is 4.13. The first kappa shape index (κ1) is 7.62. The van der Waals surface area contributed by atoms with E-state index in [9.17, 15) is 4.79 Å². The van der Waals surface area contributed by atoms with Crippen LogP contribution in [-0.2, 0) is 0 Å². The number of para-hydroxylation sites is 1. The third-order valence-corrected chi connectivity index (χ3v) is 2.15. The molecular weight excluding hydrogens is 176 g/mol. The zero-order chi connectivity index (χ0) is 8.55. The molecule has 2 nitrogen and oxygen atoms in total. The Balaban J connectivity index is 2.49. The van der Waals surface area contributed by atoms with Gasteiger partial charge in [-0.2, -0.15) is 0 Å². The first-order valence-electron chi connectivity index (χ1n) is 3.69. The second kappa shape index (κ2) is 2.79. The third kappa shape index (κ3) is 1.08. The lowest BCUT2D eigenvalue weighted by atomic mass is 10.1. The predicted molar refractivity (Wildman–Crippen MR) is 45.9 cm³/mol. The Morgan fingerprint density at radius 2 is 2.17 bits per heavy atom. The van der Waals surface area contributed by atoms with Gasteiger partial charge in [-0.05, 0) is 12.1 Å². The van der Waals surface area contributed by atoms with Gasteiger partial charge in [0.25, 0.3) is 0 Å². The fourth-order valence-electron chi connectivity index (χ4n) is 1.20. The van der Waals surface area contributed by atoms with E-state index in [-0.39, 0.29) is 12.4 Å². The molecule has 0 fully saturated rings. The molecule has 12 heavy (non-hydrogen) atoms. The number of ether oxygens (including phenoxy) is 1. The molecule has 1 aliphatic rings. The topological polar surface area (TPSA) is 26.3 Å². The standard InChI is InChI=1S/C9H7ClO2/c10-7-5-12-8-4-2-1-3-6(8)9(7)11/h1-4,7H,5H2. The number of hydrogen-bond donors (Lipinski definition) is 0. The molecule has 62 valence electrons. The van der Waals surface area contributed by atoms with Crippen molar-refractivity contribution in [1.29, 1.82) is 0 Å². The summed E-state index contributed by atoms with van der Waals surface area (Å²) < 4.78 is 5.25. The lowest BCUT2D eigenvalue weighted by Crippen LogP contribution is -2.28. The Morgan fingerprint density at radius 1 is 1.42 bits per heavy atom. The Labute approximate surface area is 75.1 Å². The largest absolute Gasteiger partial charge is 0.491 e. The minimum absolute atomic E-state index is 0.0430. The van der Waals surface area contributed by atoms with Crippen molar-refractivity contribution in [2.75, 3.05) is 6.61 Å². The van der Waals surface area contributed by atoms with Gasteiger partial charge in [0, 0.05) is 0 Å². The van der Waals surface area contributed by atoms with E-state index in [1.165, 1.54) is 0 Å². The summed E-state index contributed by atoms with van der Waals surface area (Å²) in [5, 5.41) is -0.528. The van der Waals surface area contributed by atoms with Crippen LogP contribution in [-0.4, -0.2) is 17.8 Å². The highest BCUT2D eigenvalue weighted by molar-refractivity contribution is 6.34. The molecule has 1 atom stereocenters. The number of carbonyl (C=O) groups excluding carboxylic acids is 1. The predicted octanol–water partition coefficient (Wildman–Crippen LogP) is 1.87. The number of Topliss-reactive ketones (excluding diaryl/α,β-unsaturated/α-hetero) is 1. The third-order valence-electron chi connectivity index (χ3n) is 1.82. The van der Waals surface area contributed by atoms with Gasteiger partial charge in [0.05, 0.1) is 5.56 Å². The van der Waals surface area contributed by atoms with Crippen LogP contribution in [0.15, 0.2) is 24.3 Å². The van der Waals surface area contributed by atoms with Gasteiger partial charge in [0.2, 0.25) is 0 Å². The smallest absolute Gasteiger partial charge is 0.187 e. The summed E-state index contributed by atoms with van der Waals surface area (Å²) in [6, 6.07) is 7.14. The Hall–Kier alpha value is -1.02. The van der Waals surface area contributed by atoms with Crippen LogP contribution in [0, 0.1) is 0 Å². The summed E-state index contributed by atoms with van der Waals surface area (Å²) in [6.45, 7) is 0.275. The van der Waals surface area contributed by atoms with Crippen molar-refractivity contribution in [2.45, 2.75) is 5.38 Å². The number of hydrogen-bond acceptors (Lipinski definition) is 2. The Morgan fingerprint density at radius 3 is 3.00 bits per heavy atom.